The van der Waals surface area contributed by atoms with Gasteiger partial charge in [-0.2, -0.15) is 0 Å². The van der Waals surface area contributed by atoms with E-state index in [1.807, 2.05) is 6.07 Å². The normalized spacial score (nSPS) is 12.6. The zero-order chi connectivity index (χ0) is 21.6. The summed E-state index contributed by atoms with van der Waals surface area (Å²) >= 11 is 0. The smallest absolute Gasteiger partial charge is 0.224 e. The van der Waals surface area contributed by atoms with Gasteiger partial charge in [-0.1, -0.05) is 19.9 Å². The van der Waals surface area contributed by atoms with Gasteiger partial charge in [0.1, 0.15) is 12.9 Å². The van der Waals surface area contributed by atoms with E-state index in [-0.39, 0.29) is 5.82 Å². The molecule has 0 fully saturated rings. The molecule has 3 heteroatoms. The highest BCUT2D eigenvalue weighted by Gasteiger charge is 2.25. The number of hydrogen-bond acceptors (Lipinski definition) is 0. The van der Waals surface area contributed by atoms with E-state index in [4.69, 9.17) is 0 Å². The first kappa shape index (κ1) is 18.6. The Kier molecular flexibility index (Phi) is 3.69. The molecule has 0 N–H and O–H groups in total. The first-order chi connectivity index (χ1) is 14.8. The highest BCUT2D eigenvalue weighted by molar-refractivity contribution is 6.26. The summed E-state index contributed by atoms with van der Waals surface area (Å²) in [5.41, 5.74) is 8.61. The minimum Gasteiger partial charge on any atom is -0.307 e. The first-order valence-electron chi connectivity index (χ1n) is 11.0. The molecule has 0 saturated heterocycles. The van der Waals surface area contributed by atoms with Crippen molar-refractivity contribution in [1.82, 2.24) is 4.40 Å². The van der Waals surface area contributed by atoms with E-state index in [1.165, 1.54) is 49.4 Å². The Morgan fingerprint density at radius 1 is 0.935 bits per heavy atom. The lowest BCUT2D eigenvalue weighted by molar-refractivity contribution is -0.643. The van der Waals surface area contributed by atoms with Crippen LogP contribution in [0.4, 0.5) is 4.39 Å². The highest BCUT2D eigenvalue weighted by Crippen LogP contribution is 2.42. The van der Waals surface area contributed by atoms with E-state index >= 15 is 0 Å². The average molecular weight is 410 g/mol. The van der Waals surface area contributed by atoms with E-state index in [9.17, 15) is 4.39 Å². The molecule has 0 spiro atoms. The lowest BCUT2D eigenvalue weighted by atomic mass is 9.94. The van der Waals surface area contributed by atoms with Gasteiger partial charge in [0.05, 0.1) is 27.3 Å². The number of fused-ring (bicyclic) bond motifs is 5. The second kappa shape index (κ2) is 6.16. The molecule has 6 rings (SSSR count). The summed E-state index contributed by atoms with van der Waals surface area (Å²) in [4.78, 5) is 0. The highest BCUT2D eigenvalue weighted by atomic mass is 19.1. The van der Waals surface area contributed by atoms with Crippen molar-refractivity contribution < 1.29 is 8.96 Å². The number of nitrogens with zero attached hydrogens (tertiary/aromatic N) is 2. The third-order valence-electron chi connectivity index (χ3n) is 6.93. The Morgan fingerprint density at radius 3 is 2.52 bits per heavy atom. The quantitative estimate of drug-likeness (QED) is 0.169. The lowest BCUT2D eigenvalue weighted by Gasteiger charge is -2.16. The van der Waals surface area contributed by atoms with Gasteiger partial charge in [0, 0.05) is 16.8 Å². The monoisotopic (exact) mass is 409 g/mol. The minimum atomic E-state index is -0.188. The number of aryl methyl sites for hydroxylation is 3. The van der Waals surface area contributed by atoms with Crippen molar-refractivity contribution in [3.8, 4) is 0 Å². The van der Waals surface area contributed by atoms with E-state index in [2.05, 4.69) is 74.2 Å². The fourth-order valence-electron chi connectivity index (χ4n) is 5.53. The summed E-state index contributed by atoms with van der Waals surface area (Å²) in [5, 5.41) is 5.93. The Bertz CT molecular complexity index is 1670. The second-order valence-electron chi connectivity index (χ2n) is 9.54. The van der Waals surface area contributed by atoms with Gasteiger partial charge in [0.25, 0.3) is 0 Å². The van der Waals surface area contributed by atoms with E-state index in [0.29, 0.717) is 5.92 Å². The van der Waals surface area contributed by atoms with Crippen LogP contribution in [0.5, 0.6) is 0 Å². The molecule has 3 aromatic heterocycles. The van der Waals surface area contributed by atoms with Gasteiger partial charge in [0.2, 0.25) is 5.52 Å². The van der Waals surface area contributed by atoms with Crippen LogP contribution in [0.3, 0.4) is 0 Å². The maximum atomic E-state index is 14.3. The Hall–Kier alpha value is -3.20. The van der Waals surface area contributed by atoms with Crippen molar-refractivity contribution in [1.29, 1.82) is 0 Å². The number of halogens is 1. The van der Waals surface area contributed by atoms with Crippen LogP contribution >= 0.6 is 0 Å². The molecular formula is C28H26FN2+. The van der Waals surface area contributed by atoms with Crippen LogP contribution in [0.25, 0.3) is 49.0 Å². The molecule has 2 nitrogen and oxygen atoms in total. The number of benzene rings is 3. The summed E-state index contributed by atoms with van der Waals surface area (Å²) in [6, 6.07) is 14.4. The number of rotatable bonds is 2. The van der Waals surface area contributed by atoms with Crippen molar-refractivity contribution in [3.63, 3.8) is 0 Å². The molecule has 3 aromatic carbocycles. The van der Waals surface area contributed by atoms with Gasteiger partial charge in [-0.25, -0.2) is 8.96 Å². The molecule has 0 aliphatic rings. The number of pyridine rings is 2. The van der Waals surface area contributed by atoms with Gasteiger partial charge in [-0.15, -0.1) is 0 Å². The average Bonchev–Trinajstić information content (AvgIpc) is 3.02. The molecule has 0 amide bonds. The van der Waals surface area contributed by atoms with Crippen molar-refractivity contribution in [2.24, 2.45) is 13.0 Å². The molecule has 0 unspecified atom stereocenters. The summed E-state index contributed by atoms with van der Waals surface area (Å²) in [5.74, 6) is 0.396. The summed E-state index contributed by atoms with van der Waals surface area (Å²) < 4.78 is 19.0. The van der Waals surface area contributed by atoms with Gasteiger partial charge < -0.3 is 4.40 Å². The lowest BCUT2D eigenvalue weighted by Crippen LogP contribution is -2.29. The molecule has 3 heterocycles. The summed E-state index contributed by atoms with van der Waals surface area (Å²) in [6.45, 7) is 8.90. The predicted molar refractivity (Wildman–Crippen MR) is 128 cm³/mol. The molecule has 31 heavy (non-hydrogen) atoms. The maximum absolute atomic E-state index is 14.3. The topological polar surface area (TPSA) is 8.29 Å². The van der Waals surface area contributed by atoms with Crippen LogP contribution in [0.15, 0.2) is 48.7 Å². The predicted octanol–water partition coefficient (Wildman–Crippen LogP) is 6.77. The van der Waals surface area contributed by atoms with E-state index in [1.54, 1.807) is 12.1 Å². The maximum Gasteiger partial charge on any atom is 0.224 e. The fourth-order valence-corrected chi connectivity index (χ4v) is 5.53. The molecule has 0 aliphatic heterocycles. The number of hydrogen-bond donors (Lipinski definition) is 0. The van der Waals surface area contributed by atoms with Crippen molar-refractivity contribution in [3.05, 3.63) is 71.2 Å². The Morgan fingerprint density at radius 2 is 1.74 bits per heavy atom. The molecule has 0 aliphatic carbocycles. The van der Waals surface area contributed by atoms with Crippen molar-refractivity contribution >= 4 is 49.0 Å². The van der Waals surface area contributed by atoms with Gasteiger partial charge in [0.15, 0.2) is 6.20 Å². The van der Waals surface area contributed by atoms with Crippen LogP contribution in [0, 0.1) is 25.6 Å². The molecule has 0 bridgehead atoms. The van der Waals surface area contributed by atoms with Crippen LogP contribution < -0.4 is 4.57 Å². The molecule has 0 atom stereocenters. The summed E-state index contributed by atoms with van der Waals surface area (Å²) in [6.07, 6.45) is 3.21. The molecule has 0 saturated carbocycles. The third kappa shape index (κ3) is 2.40. The second-order valence-corrected chi connectivity index (χ2v) is 9.54. The first-order valence-corrected chi connectivity index (χ1v) is 11.0. The van der Waals surface area contributed by atoms with Crippen LogP contribution in [-0.2, 0) is 13.5 Å². The Balaban J connectivity index is 2.02. The van der Waals surface area contributed by atoms with Crippen LogP contribution in [-0.4, -0.2) is 4.40 Å². The van der Waals surface area contributed by atoms with Gasteiger partial charge in [-0.3, -0.25) is 0 Å². The summed E-state index contributed by atoms with van der Waals surface area (Å²) in [7, 11) is 2.13. The Labute approximate surface area is 180 Å². The van der Waals surface area contributed by atoms with Crippen LogP contribution in [0.1, 0.15) is 30.5 Å². The van der Waals surface area contributed by atoms with Crippen LogP contribution in [0.2, 0.25) is 0 Å². The largest absolute Gasteiger partial charge is 0.307 e. The molecular weight excluding hydrogens is 383 g/mol. The van der Waals surface area contributed by atoms with Crippen molar-refractivity contribution in [2.75, 3.05) is 0 Å². The van der Waals surface area contributed by atoms with E-state index in [0.717, 1.165) is 22.7 Å². The van der Waals surface area contributed by atoms with Gasteiger partial charge >= 0.3 is 0 Å². The SMILES string of the molecule is Cc1cc2c3cc(F)ccc3n3c4cc(CC(C)C)cc5cc[n+](C)c(c(c1C)c23)c54. The molecule has 6 aromatic rings. The molecule has 154 valence electrons. The van der Waals surface area contributed by atoms with Gasteiger partial charge in [-0.05, 0) is 78.6 Å². The van der Waals surface area contributed by atoms with Crippen molar-refractivity contribution in [2.45, 2.75) is 34.1 Å². The van der Waals surface area contributed by atoms with E-state index < -0.39 is 0 Å². The zero-order valence-corrected chi connectivity index (χ0v) is 18.7. The zero-order valence-electron chi connectivity index (χ0n) is 18.7. The number of aromatic nitrogens is 2. The minimum absolute atomic E-state index is 0.188. The standard InChI is InChI=1S/C28H26FN2/c1-15(2)10-18-12-19-8-9-30(5)28-25-17(4)16(3)11-22-21-14-20(29)6-7-23(21)31(27(22)25)24(13-18)26(19)28/h6-9,11-15H,10H2,1-5H3/q+1. The fraction of sp³-hybridized carbons (Fsp3) is 0.250. The third-order valence-corrected chi connectivity index (χ3v) is 6.93. The molecule has 0 radical (unpaired) electrons.